The van der Waals surface area contributed by atoms with E-state index in [-0.39, 0.29) is 24.0 Å². The molecular formula is C18H29BrIN3O2. The molecule has 0 heterocycles. The molecule has 25 heavy (non-hydrogen) atoms. The summed E-state index contributed by atoms with van der Waals surface area (Å²) < 4.78 is 11.8. The predicted octanol–water partition coefficient (Wildman–Crippen LogP) is 3.95. The summed E-state index contributed by atoms with van der Waals surface area (Å²) in [6, 6.07) is 6.02. The van der Waals surface area contributed by atoms with Gasteiger partial charge in [0.05, 0.1) is 18.1 Å². The zero-order valence-electron chi connectivity index (χ0n) is 15.0. The molecule has 0 atom stereocenters. The van der Waals surface area contributed by atoms with Gasteiger partial charge in [-0.1, -0.05) is 6.07 Å². The van der Waals surface area contributed by atoms with Crippen molar-refractivity contribution in [2.45, 2.75) is 32.7 Å². The van der Waals surface area contributed by atoms with Crippen LogP contribution in [0.2, 0.25) is 0 Å². The number of methoxy groups -OCH3 is 1. The van der Waals surface area contributed by atoms with Crippen molar-refractivity contribution in [2.75, 3.05) is 33.4 Å². The quantitative estimate of drug-likeness (QED) is 0.210. The van der Waals surface area contributed by atoms with Gasteiger partial charge < -0.3 is 20.1 Å². The van der Waals surface area contributed by atoms with Crippen LogP contribution in [0.4, 0.5) is 0 Å². The fourth-order valence-corrected chi connectivity index (χ4v) is 2.82. The lowest BCUT2D eigenvalue weighted by Gasteiger charge is -2.12. The fourth-order valence-electron chi connectivity index (χ4n) is 2.24. The van der Waals surface area contributed by atoms with E-state index in [9.17, 15) is 0 Å². The summed E-state index contributed by atoms with van der Waals surface area (Å²) in [6.07, 6.45) is 3.68. The lowest BCUT2D eigenvalue weighted by atomic mass is 10.2. The minimum Gasteiger partial charge on any atom is -0.496 e. The number of nitrogens with zero attached hydrogens (tertiary/aromatic N) is 1. The Balaban J connectivity index is 0.00000312. The maximum atomic E-state index is 5.65. The van der Waals surface area contributed by atoms with E-state index in [4.69, 9.17) is 9.47 Å². The lowest BCUT2D eigenvalue weighted by Crippen LogP contribution is -2.38. The van der Waals surface area contributed by atoms with Crippen molar-refractivity contribution in [1.29, 1.82) is 0 Å². The average molecular weight is 526 g/mol. The lowest BCUT2D eigenvalue weighted by molar-refractivity contribution is 0.123. The topological polar surface area (TPSA) is 54.9 Å². The van der Waals surface area contributed by atoms with Gasteiger partial charge in [-0.3, -0.25) is 0 Å². The van der Waals surface area contributed by atoms with Crippen molar-refractivity contribution in [3.63, 3.8) is 0 Å². The molecule has 1 saturated carbocycles. The van der Waals surface area contributed by atoms with Gasteiger partial charge in [0.25, 0.3) is 0 Å². The molecular weight excluding hydrogens is 497 g/mol. The molecule has 2 rings (SSSR count). The van der Waals surface area contributed by atoms with Crippen LogP contribution in [0.5, 0.6) is 5.75 Å². The minimum atomic E-state index is 0. The predicted molar refractivity (Wildman–Crippen MR) is 117 cm³/mol. The number of aliphatic imine (C=N–C) groups is 1. The van der Waals surface area contributed by atoms with Crippen LogP contribution in [0.1, 0.15) is 31.7 Å². The third kappa shape index (κ3) is 9.10. The van der Waals surface area contributed by atoms with Crippen molar-refractivity contribution in [2.24, 2.45) is 10.9 Å². The zero-order chi connectivity index (χ0) is 17.2. The third-order valence-corrected chi connectivity index (χ3v) is 4.41. The Bertz CT molecular complexity index is 539. The minimum absolute atomic E-state index is 0. The van der Waals surface area contributed by atoms with Crippen LogP contribution in [-0.4, -0.2) is 39.4 Å². The Morgan fingerprint density at radius 3 is 2.76 bits per heavy atom. The largest absolute Gasteiger partial charge is 0.496 e. The first-order chi connectivity index (χ1) is 11.7. The molecule has 0 unspecified atom stereocenters. The second kappa shape index (κ2) is 12.8. The summed E-state index contributed by atoms with van der Waals surface area (Å²) in [6.45, 7) is 6.14. The molecule has 142 valence electrons. The summed E-state index contributed by atoms with van der Waals surface area (Å²) in [5.41, 5.74) is 1.13. The molecule has 0 radical (unpaired) electrons. The third-order valence-electron chi connectivity index (χ3n) is 3.79. The summed E-state index contributed by atoms with van der Waals surface area (Å²) >= 11 is 3.51. The molecule has 1 fully saturated rings. The fraction of sp³-hybridized carbons (Fsp3) is 0.611. The number of hydrogen-bond donors (Lipinski definition) is 2. The van der Waals surface area contributed by atoms with Gasteiger partial charge in [0.15, 0.2) is 5.96 Å². The Hall–Kier alpha value is -0.540. The van der Waals surface area contributed by atoms with Crippen LogP contribution in [0.15, 0.2) is 27.7 Å². The monoisotopic (exact) mass is 525 g/mol. The molecule has 1 aromatic carbocycles. The summed E-state index contributed by atoms with van der Waals surface area (Å²) in [7, 11) is 1.67. The highest BCUT2D eigenvalue weighted by Crippen LogP contribution is 2.28. The average Bonchev–Trinajstić information content (AvgIpc) is 3.40. The highest BCUT2D eigenvalue weighted by molar-refractivity contribution is 14.0. The van der Waals surface area contributed by atoms with E-state index in [0.29, 0.717) is 6.54 Å². The summed E-state index contributed by atoms with van der Waals surface area (Å²) in [5, 5.41) is 6.63. The van der Waals surface area contributed by atoms with Crippen LogP contribution in [-0.2, 0) is 11.3 Å². The number of guanidine groups is 1. The van der Waals surface area contributed by atoms with Crippen LogP contribution in [0.3, 0.4) is 0 Å². The molecule has 0 aromatic heterocycles. The smallest absolute Gasteiger partial charge is 0.191 e. The van der Waals surface area contributed by atoms with E-state index in [1.54, 1.807) is 7.11 Å². The molecule has 1 aliphatic carbocycles. The highest BCUT2D eigenvalue weighted by atomic mass is 127. The number of rotatable bonds is 10. The summed E-state index contributed by atoms with van der Waals surface area (Å²) in [5.74, 6) is 2.51. The van der Waals surface area contributed by atoms with Crippen molar-refractivity contribution in [3.05, 3.63) is 28.2 Å². The van der Waals surface area contributed by atoms with Gasteiger partial charge in [-0.25, -0.2) is 4.99 Å². The van der Waals surface area contributed by atoms with Crippen molar-refractivity contribution in [1.82, 2.24) is 10.6 Å². The SMILES string of the molecule is CCNC(=NCc1ccc(OC)c(Br)c1)NCCCOCC1CC1.I. The molecule has 7 heteroatoms. The molecule has 0 amide bonds. The molecule has 1 aliphatic rings. The number of benzene rings is 1. The van der Waals surface area contributed by atoms with Crippen LogP contribution < -0.4 is 15.4 Å². The van der Waals surface area contributed by atoms with Gasteiger partial charge in [0.1, 0.15) is 5.75 Å². The maximum Gasteiger partial charge on any atom is 0.191 e. The van der Waals surface area contributed by atoms with Gasteiger partial charge in [-0.05, 0) is 65.7 Å². The first kappa shape index (κ1) is 22.5. The summed E-state index contributed by atoms with van der Waals surface area (Å²) in [4.78, 5) is 4.63. The van der Waals surface area contributed by atoms with Crippen LogP contribution >= 0.6 is 39.9 Å². The van der Waals surface area contributed by atoms with E-state index < -0.39 is 0 Å². The second-order valence-corrected chi connectivity index (χ2v) is 6.82. The van der Waals surface area contributed by atoms with Crippen LogP contribution in [0, 0.1) is 5.92 Å². The number of ether oxygens (including phenoxy) is 2. The Morgan fingerprint density at radius 1 is 1.32 bits per heavy atom. The van der Waals surface area contributed by atoms with Crippen molar-refractivity contribution < 1.29 is 9.47 Å². The normalized spacial score (nSPS) is 14.0. The van der Waals surface area contributed by atoms with Gasteiger partial charge in [-0.2, -0.15) is 0 Å². The first-order valence-corrected chi connectivity index (χ1v) is 9.44. The van der Waals surface area contributed by atoms with Gasteiger partial charge >= 0.3 is 0 Å². The van der Waals surface area contributed by atoms with E-state index in [2.05, 4.69) is 38.5 Å². The first-order valence-electron chi connectivity index (χ1n) is 8.65. The molecule has 0 saturated heterocycles. The number of hydrogen-bond acceptors (Lipinski definition) is 3. The molecule has 0 bridgehead atoms. The molecule has 5 nitrogen and oxygen atoms in total. The molecule has 1 aromatic rings. The van der Waals surface area contributed by atoms with E-state index in [1.165, 1.54) is 12.8 Å². The van der Waals surface area contributed by atoms with Gasteiger partial charge in [0.2, 0.25) is 0 Å². The standard InChI is InChI=1S/C18H28BrN3O2.HI/c1-3-20-18(21-9-4-10-24-13-14-5-6-14)22-12-15-7-8-17(23-2)16(19)11-15;/h7-8,11,14H,3-6,9-10,12-13H2,1-2H3,(H2,20,21,22);1H. The Kier molecular flexibility index (Phi) is 11.5. The van der Waals surface area contributed by atoms with E-state index in [0.717, 1.165) is 60.4 Å². The highest BCUT2D eigenvalue weighted by Gasteiger charge is 2.20. The van der Waals surface area contributed by atoms with Crippen LogP contribution in [0.25, 0.3) is 0 Å². The molecule has 0 spiro atoms. The Morgan fingerprint density at radius 2 is 2.12 bits per heavy atom. The molecule has 0 aliphatic heterocycles. The van der Waals surface area contributed by atoms with E-state index in [1.807, 2.05) is 18.2 Å². The maximum absolute atomic E-state index is 5.65. The zero-order valence-corrected chi connectivity index (χ0v) is 18.9. The van der Waals surface area contributed by atoms with Crippen molar-refractivity contribution in [3.8, 4) is 5.75 Å². The number of halogens is 2. The molecule has 2 N–H and O–H groups in total. The second-order valence-electron chi connectivity index (χ2n) is 5.96. The Labute approximate surface area is 176 Å². The van der Waals surface area contributed by atoms with Gasteiger partial charge in [-0.15, -0.1) is 24.0 Å². The van der Waals surface area contributed by atoms with Gasteiger partial charge in [0, 0.05) is 26.3 Å². The number of nitrogens with one attached hydrogen (secondary N) is 2. The van der Waals surface area contributed by atoms with E-state index >= 15 is 0 Å². The van der Waals surface area contributed by atoms with Crippen molar-refractivity contribution >= 4 is 45.9 Å².